The van der Waals surface area contributed by atoms with Crippen molar-refractivity contribution in [2.24, 2.45) is 0 Å². The SMILES string of the molecule is Cc1cc(NCCOc2ncccc2Cl)ncn1. The molecule has 2 heterocycles. The van der Waals surface area contributed by atoms with Gasteiger partial charge in [0.2, 0.25) is 5.88 Å². The fourth-order valence-electron chi connectivity index (χ4n) is 1.36. The Labute approximate surface area is 110 Å². The number of hydrogen-bond donors (Lipinski definition) is 1. The predicted octanol–water partition coefficient (Wildman–Crippen LogP) is 2.32. The molecule has 0 aromatic carbocycles. The summed E-state index contributed by atoms with van der Waals surface area (Å²) in [6.45, 7) is 2.99. The van der Waals surface area contributed by atoms with E-state index in [0.717, 1.165) is 11.5 Å². The Bertz CT molecular complexity index is 521. The summed E-state index contributed by atoms with van der Waals surface area (Å²) < 4.78 is 5.44. The molecule has 0 spiro atoms. The molecule has 0 bridgehead atoms. The molecule has 0 atom stereocenters. The third-order valence-electron chi connectivity index (χ3n) is 2.18. The number of ether oxygens (including phenoxy) is 1. The second-order valence-corrected chi connectivity index (χ2v) is 4.02. The van der Waals surface area contributed by atoms with Gasteiger partial charge in [-0.2, -0.15) is 0 Å². The molecule has 0 saturated heterocycles. The Balaban J connectivity index is 1.78. The van der Waals surface area contributed by atoms with Crippen molar-refractivity contribution >= 4 is 17.4 Å². The number of nitrogens with zero attached hydrogens (tertiary/aromatic N) is 3. The zero-order valence-electron chi connectivity index (χ0n) is 9.93. The molecule has 5 nitrogen and oxygen atoms in total. The molecule has 0 aliphatic rings. The van der Waals surface area contributed by atoms with Crippen molar-refractivity contribution in [3.05, 3.63) is 41.4 Å². The standard InChI is InChI=1S/C12H13ClN4O/c1-9-7-11(17-8-16-9)14-5-6-18-12-10(13)3-2-4-15-12/h2-4,7-8H,5-6H2,1H3,(H,14,16,17). The Morgan fingerprint density at radius 1 is 1.33 bits per heavy atom. The van der Waals surface area contributed by atoms with E-state index < -0.39 is 0 Å². The first-order valence-corrected chi connectivity index (χ1v) is 5.89. The highest BCUT2D eigenvalue weighted by Gasteiger charge is 2.01. The molecule has 0 aliphatic heterocycles. The van der Waals surface area contributed by atoms with Gasteiger partial charge < -0.3 is 10.1 Å². The molecule has 1 N–H and O–H groups in total. The molecule has 2 aromatic rings. The van der Waals surface area contributed by atoms with E-state index in [1.54, 1.807) is 18.3 Å². The van der Waals surface area contributed by atoms with E-state index in [2.05, 4.69) is 20.3 Å². The van der Waals surface area contributed by atoms with Crippen LogP contribution >= 0.6 is 11.6 Å². The molecule has 6 heteroatoms. The van der Waals surface area contributed by atoms with Crippen molar-refractivity contribution in [3.8, 4) is 5.88 Å². The number of rotatable bonds is 5. The van der Waals surface area contributed by atoms with Crippen molar-refractivity contribution in [2.75, 3.05) is 18.5 Å². The average Bonchev–Trinajstić information content (AvgIpc) is 2.37. The van der Waals surface area contributed by atoms with Crippen LogP contribution in [0.5, 0.6) is 5.88 Å². The highest BCUT2D eigenvalue weighted by Crippen LogP contribution is 2.19. The average molecular weight is 265 g/mol. The summed E-state index contributed by atoms with van der Waals surface area (Å²) in [7, 11) is 0. The summed E-state index contributed by atoms with van der Waals surface area (Å²) in [6, 6.07) is 5.37. The minimum absolute atomic E-state index is 0.444. The maximum atomic E-state index is 5.91. The molecule has 0 radical (unpaired) electrons. The summed E-state index contributed by atoms with van der Waals surface area (Å²) in [5.41, 5.74) is 0.918. The monoisotopic (exact) mass is 264 g/mol. The summed E-state index contributed by atoms with van der Waals surface area (Å²) in [4.78, 5) is 12.1. The van der Waals surface area contributed by atoms with Crippen LogP contribution in [-0.2, 0) is 0 Å². The predicted molar refractivity (Wildman–Crippen MR) is 70.0 cm³/mol. The van der Waals surface area contributed by atoms with Crippen LogP contribution in [0.15, 0.2) is 30.7 Å². The lowest BCUT2D eigenvalue weighted by Crippen LogP contribution is -2.13. The van der Waals surface area contributed by atoms with Gasteiger partial charge in [-0.1, -0.05) is 11.6 Å². The van der Waals surface area contributed by atoms with E-state index in [0.29, 0.717) is 24.1 Å². The number of hydrogen-bond acceptors (Lipinski definition) is 5. The van der Waals surface area contributed by atoms with Gasteiger partial charge in [0.05, 0.1) is 6.54 Å². The third kappa shape index (κ3) is 3.56. The van der Waals surface area contributed by atoms with E-state index in [9.17, 15) is 0 Å². The van der Waals surface area contributed by atoms with Crippen molar-refractivity contribution in [3.63, 3.8) is 0 Å². The molecular weight excluding hydrogens is 252 g/mol. The molecule has 0 amide bonds. The zero-order chi connectivity index (χ0) is 12.8. The van der Waals surface area contributed by atoms with Gasteiger partial charge in [0.15, 0.2) is 0 Å². The lowest BCUT2D eigenvalue weighted by atomic mass is 10.4. The van der Waals surface area contributed by atoms with E-state index in [4.69, 9.17) is 16.3 Å². The van der Waals surface area contributed by atoms with Gasteiger partial charge in [-0.25, -0.2) is 15.0 Å². The summed E-state index contributed by atoms with van der Waals surface area (Å²) in [6.07, 6.45) is 3.16. The van der Waals surface area contributed by atoms with E-state index in [1.165, 1.54) is 6.33 Å². The fraction of sp³-hybridized carbons (Fsp3) is 0.250. The lowest BCUT2D eigenvalue weighted by molar-refractivity contribution is 0.320. The molecule has 2 rings (SSSR count). The van der Waals surface area contributed by atoms with Crippen molar-refractivity contribution in [2.45, 2.75) is 6.92 Å². The van der Waals surface area contributed by atoms with Crippen molar-refractivity contribution < 1.29 is 4.74 Å². The van der Waals surface area contributed by atoms with Crippen LogP contribution in [0, 0.1) is 6.92 Å². The largest absolute Gasteiger partial charge is 0.475 e. The van der Waals surface area contributed by atoms with Crippen LogP contribution in [0.4, 0.5) is 5.82 Å². The molecular formula is C12H13ClN4O. The van der Waals surface area contributed by atoms with Crippen LogP contribution in [0.1, 0.15) is 5.69 Å². The molecule has 0 fully saturated rings. The topological polar surface area (TPSA) is 59.9 Å². The second kappa shape index (κ2) is 6.16. The smallest absolute Gasteiger partial charge is 0.232 e. The summed E-state index contributed by atoms with van der Waals surface area (Å²) in [5, 5.41) is 3.64. The minimum Gasteiger partial charge on any atom is -0.475 e. The van der Waals surface area contributed by atoms with Crippen molar-refractivity contribution in [1.29, 1.82) is 0 Å². The number of aromatic nitrogens is 3. The van der Waals surface area contributed by atoms with Crippen LogP contribution in [-0.4, -0.2) is 28.1 Å². The van der Waals surface area contributed by atoms with E-state index >= 15 is 0 Å². The molecule has 94 valence electrons. The lowest BCUT2D eigenvalue weighted by Gasteiger charge is -2.08. The zero-order valence-corrected chi connectivity index (χ0v) is 10.7. The number of aryl methyl sites for hydroxylation is 1. The third-order valence-corrected chi connectivity index (χ3v) is 2.46. The Morgan fingerprint density at radius 3 is 3.00 bits per heavy atom. The molecule has 2 aromatic heterocycles. The van der Waals surface area contributed by atoms with Crippen LogP contribution in [0.3, 0.4) is 0 Å². The minimum atomic E-state index is 0.444. The highest BCUT2D eigenvalue weighted by atomic mass is 35.5. The summed E-state index contributed by atoms with van der Waals surface area (Å²) >= 11 is 5.91. The van der Waals surface area contributed by atoms with Crippen LogP contribution in [0.2, 0.25) is 5.02 Å². The first-order chi connectivity index (χ1) is 8.75. The fourth-order valence-corrected chi connectivity index (χ4v) is 1.53. The van der Waals surface area contributed by atoms with Crippen LogP contribution < -0.4 is 10.1 Å². The first-order valence-electron chi connectivity index (χ1n) is 5.51. The Kier molecular flexibility index (Phi) is 4.30. The van der Waals surface area contributed by atoms with Gasteiger partial charge in [-0.3, -0.25) is 0 Å². The number of nitrogens with one attached hydrogen (secondary N) is 1. The second-order valence-electron chi connectivity index (χ2n) is 3.61. The van der Waals surface area contributed by atoms with Gasteiger partial charge in [0, 0.05) is 18.0 Å². The summed E-state index contributed by atoms with van der Waals surface area (Å²) in [5.74, 6) is 1.22. The van der Waals surface area contributed by atoms with Crippen molar-refractivity contribution in [1.82, 2.24) is 15.0 Å². The first kappa shape index (κ1) is 12.6. The maximum Gasteiger partial charge on any atom is 0.232 e. The Hall–Kier alpha value is -1.88. The van der Waals surface area contributed by atoms with E-state index in [-0.39, 0.29) is 0 Å². The van der Waals surface area contributed by atoms with Gasteiger partial charge in [0.1, 0.15) is 23.8 Å². The highest BCUT2D eigenvalue weighted by molar-refractivity contribution is 6.31. The number of halogens is 1. The number of pyridine rings is 1. The van der Waals surface area contributed by atoms with Gasteiger partial charge in [-0.15, -0.1) is 0 Å². The van der Waals surface area contributed by atoms with Crippen LogP contribution in [0.25, 0.3) is 0 Å². The van der Waals surface area contributed by atoms with Gasteiger partial charge in [0.25, 0.3) is 0 Å². The molecule has 0 saturated carbocycles. The van der Waals surface area contributed by atoms with Gasteiger partial charge in [-0.05, 0) is 19.1 Å². The molecule has 0 unspecified atom stereocenters. The maximum absolute atomic E-state index is 5.91. The quantitative estimate of drug-likeness (QED) is 0.840. The molecule has 0 aliphatic carbocycles. The normalized spacial score (nSPS) is 10.1. The molecule has 18 heavy (non-hydrogen) atoms. The van der Waals surface area contributed by atoms with Gasteiger partial charge >= 0.3 is 0 Å². The van der Waals surface area contributed by atoms with E-state index in [1.807, 2.05) is 13.0 Å². The number of anilines is 1. The Morgan fingerprint density at radius 2 is 2.22 bits per heavy atom.